The first kappa shape index (κ1) is 14.9. The summed E-state index contributed by atoms with van der Waals surface area (Å²) in [5.41, 5.74) is 1.03. The molecule has 2 aliphatic heterocycles. The fourth-order valence-electron chi connectivity index (χ4n) is 2.81. The first-order valence-electron chi connectivity index (χ1n) is 7.58. The van der Waals surface area contributed by atoms with E-state index in [4.69, 9.17) is 4.84 Å². The molecule has 0 aliphatic carbocycles. The molecule has 0 bridgehead atoms. The van der Waals surface area contributed by atoms with E-state index in [1.54, 1.807) is 12.4 Å². The molecule has 1 unspecified atom stereocenters. The predicted molar refractivity (Wildman–Crippen MR) is 78.3 cm³/mol. The van der Waals surface area contributed by atoms with Gasteiger partial charge in [-0.25, -0.2) is 5.06 Å². The number of aromatic nitrogens is 1. The van der Waals surface area contributed by atoms with Gasteiger partial charge < -0.3 is 5.32 Å². The van der Waals surface area contributed by atoms with Gasteiger partial charge in [0.1, 0.15) is 0 Å². The Morgan fingerprint density at radius 3 is 3.09 bits per heavy atom. The van der Waals surface area contributed by atoms with Gasteiger partial charge in [0, 0.05) is 32.0 Å². The van der Waals surface area contributed by atoms with Crippen LogP contribution in [0.2, 0.25) is 0 Å². The molecule has 3 rings (SSSR count). The van der Waals surface area contributed by atoms with E-state index in [9.17, 15) is 9.59 Å². The third-order valence-electron chi connectivity index (χ3n) is 3.95. The molecule has 0 saturated carbocycles. The Morgan fingerprint density at radius 2 is 2.36 bits per heavy atom. The van der Waals surface area contributed by atoms with Gasteiger partial charge in [-0.05, 0) is 18.1 Å². The number of hydrogen-bond donors (Lipinski definition) is 1. The molecule has 1 atom stereocenters. The quantitative estimate of drug-likeness (QED) is 0.843. The summed E-state index contributed by atoms with van der Waals surface area (Å²) in [6.07, 6.45) is 4.50. The molecule has 0 radical (unpaired) electrons. The van der Waals surface area contributed by atoms with Crippen LogP contribution in [0.4, 0.5) is 0 Å². The average molecular weight is 304 g/mol. The van der Waals surface area contributed by atoms with Gasteiger partial charge in [-0.15, -0.1) is 0 Å². The highest BCUT2D eigenvalue weighted by molar-refractivity contribution is 5.88. The Bertz CT molecular complexity index is 531. The van der Waals surface area contributed by atoms with E-state index in [0.29, 0.717) is 26.2 Å². The number of pyridine rings is 1. The van der Waals surface area contributed by atoms with Crippen molar-refractivity contribution in [3.8, 4) is 0 Å². The second kappa shape index (κ2) is 6.85. The molecule has 0 aromatic carbocycles. The first-order chi connectivity index (χ1) is 10.7. The Kier molecular flexibility index (Phi) is 4.65. The van der Waals surface area contributed by atoms with Crippen LogP contribution in [0, 0.1) is 0 Å². The van der Waals surface area contributed by atoms with Crippen molar-refractivity contribution in [3.63, 3.8) is 0 Å². The molecule has 7 nitrogen and oxygen atoms in total. The Balaban J connectivity index is 1.67. The minimum absolute atomic E-state index is 0.0947. The highest BCUT2D eigenvalue weighted by atomic mass is 16.7. The van der Waals surface area contributed by atoms with Crippen LogP contribution in [0.3, 0.4) is 0 Å². The maximum Gasteiger partial charge on any atom is 0.248 e. The minimum Gasteiger partial charge on any atom is -0.353 e. The maximum atomic E-state index is 12.2. The number of piperazine rings is 1. The number of hydroxylamine groups is 2. The van der Waals surface area contributed by atoms with Crippen LogP contribution >= 0.6 is 0 Å². The molecule has 0 spiro atoms. The average Bonchev–Trinajstić information content (AvgIpc) is 3.06. The van der Waals surface area contributed by atoms with Gasteiger partial charge in [0.15, 0.2) is 0 Å². The normalized spacial score (nSPS) is 22.6. The van der Waals surface area contributed by atoms with E-state index in [1.807, 2.05) is 17.0 Å². The zero-order valence-corrected chi connectivity index (χ0v) is 12.4. The van der Waals surface area contributed by atoms with Crippen molar-refractivity contribution in [2.45, 2.75) is 25.4 Å². The van der Waals surface area contributed by atoms with E-state index in [-0.39, 0.29) is 18.2 Å². The number of rotatable bonds is 4. The summed E-state index contributed by atoms with van der Waals surface area (Å²) in [4.78, 5) is 35.8. The van der Waals surface area contributed by atoms with Crippen LogP contribution in [-0.4, -0.2) is 59.0 Å². The van der Waals surface area contributed by atoms with Crippen LogP contribution < -0.4 is 5.32 Å². The van der Waals surface area contributed by atoms with Crippen LogP contribution in [0.1, 0.15) is 18.4 Å². The summed E-state index contributed by atoms with van der Waals surface area (Å²) >= 11 is 0. The van der Waals surface area contributed by atoms with Crippen LogP contribution in [0.5, 0.6) is 0 Å². The Labute approximate surface area is 129 Å². The molecule has 7 heteroatoms. The molecule has 2 amide bonds. The fraction of sp³-hybridized carbons (Fsp3) is 0.533. The highest BCUT2D eigenvalue weighted by Crippen LogP contribution is 2.16. The summed E-state index contributed by atoms with van der Waals surface area (Å²) in [7, 11) is 0. The maximum absolute atomic E-state index is 12.2. The van der Waals surface area contributed by atoms with Gasteiger partial charge in [-0.1, -0.05) is 6.07 Å². The Morgan fingerprint density at radius 1 is 1.45 bits per heavy atom. The molecule has 2 aliphatic rings. The predicted octanol–water partition coefficient (Wildman–Crippen LogP) is -0.0640. The molecule has 1 aromatic heterocycles. The molecular weight excluding hydrogens is 284 g/mol. The number of carbonyl (C=O) groups is 2. The molecule has 118 valence electrons. The van der Waals surface area contributed by atoms with Crippen molar-refractivity contribution in [2.75, 3.05) is 26.2 Å². The number of amides is 2. The van der Waals surface area contributed by atoms with Crippen LogP contribution in [-0.2, 0) is 21.0 Å². The summed E-state index contributed by atoms with van der Waals surface area (Å²) in [5, 5.41) is 4.22. The minimum atomic E-state index is -0.453. The largest absolute Gasteiger partial charge is 0.353 e. The van der Waals surface area contributed by atoms with Crippen molar-refractivity contribution >= 4 is 11.8 Å². The van der Waals surface area contributed by atoms with Crippen molar-refractivity contribution in [1.82, 2.24) is 20.3 Å². The molecule has 1 aromatic rings. The van der Waals surface area contributed by atoms with E-state index in [2.05, 4.69) is 10.3 Å². The second-order valence-electron chi connectivity index (χ2n) is 5.53. The summed E-state index contributed by atoms with van der Waals surface area (Å²) in [5.74, 6) is -0.224. The Hall–Kier alpha value is -1.99. The molecule has 2 saturated heterocycles. The first-order valence-corrected chi connectivity index (χ1v) is 7.58. The number of carbonyl (C=O) groups excluding carboxylic acids is 2. The van der Waals surface area contributed by atoms with Crippen molar-refractivity contribution in [1.29, 1.82) is 0 Å². The monoisotopic (exact) mass is 304 g/mol. The highest BCUT2D eigenvalue weighted by Gasteiger charge is 2.33. The summed E-state index contributed by atoms with van der Waals surface area (Å²) < 4.78 is 0. The lowest BCUT2D eigenvalue weighted by Gasteiger charge is -2.35. The second-order valence-corrected chi connectivity index (χ2v) is 5.53. The van der Waals surface area contributed by atoms with E-state index >= 15 is 0 Å². The lowest BCUT2D eigenvalue weighted by molar-refractivity contribution is -0.171. The van der Waals surface area contributed by atoms with E-state index < -0.39 is 6.04 Å². The van der Waals surface area contributed by atoms with Crippen LogP contribution in [0.15, 0.2) is 24.5 Å². The topological polar surface area (TPSA) is 74.8 Å². The summed E-state index contributed by atoms with van der Waals surface area (Å²) in [6, 6.07) is 3.39. The zero-order valence-electron chi connectivity index (χ0n) is 12.4. The number of nitrogens with one attached hydrogen (secondary N) is 1. The molecule has 2 fully saturated rings. The molecule has 3 heterocycles. The SMILES string of the molecule is O=C1NCCN(Cc2cccnc2)C1CC(=O)N1CCCO1. The van der Waals surface area contributed by atoms with Gasteiger partial charge >= 0.3 is 0 Å². The van der Waals surface area contributed by atoms with Crippen molar-refractivity contribution < 1.29 is 14.4 Å². The smallest absolute Gasteiger partial charge is 0.248 e. The molecule has 1 N–H and O–H groups in total. The third-order valence-corrected chi connectivity index (χ3v) is 3.95. The number of nitrogens with zero attached hydrogens (tertiary/aromatic N) is 3. The van der Waals surface area contributed by atoms with Crippen molar-refractivity contribution in [2.24, 2.45) is 0 Å². The molecular formula is C15H20N4O3. The number of hydrogen-bond acceptors (Lipinski definition) is 5. The van der Waals surface area contributed by atoms with Gasteiger partial charge in [-0.3, -0.25) is 24.3 Å². The fourth-order valence-corrected chi connectivity index (χ4v) is 2.81. The summed E-state index contributed by atoms with van der Waals surface area (Å²) in [6.45, 7) is 3.11. The van der Waals surface area contributed by atoms with Crippen LogP contribution in [0.25, 0.3) is 0 Å². The van der Waals surface area contributed by atoms with Crippen molar-refractivity contribution in [3.05, 3.63) is 30.1 Å². The van der Waals surface area contributed by atoms with E-state index in [0.717, 1.165) is 18.5 Å². The third kappa shape index (κ3) is 3.42. The molecule has 22 heavy (non-hydrogen) atoms. The van der Waals surface area contributed by atoms with Gasteiger partial charge in [0.2, 0.25) is 11.8 Å². The van der Waals surface area contributed by atoms with E-state index in [1.165, 1.54) is 5.06 Å². The lowest BCUT2D eigenvalue weighted by Crippen LogP contribution is -2.56. The van der Waals surface area contributed by atoms with Gasteiger partial charge in [-0.2, -0.15) is 0 Å². The standard InChI is InChI=1S/C15H20N4O3/c20-14(19-6-2-8-22-19)9-13-15(21)17-5-7-18(13)11-12-3-1-4-16-10-12/h1,3-4,10,13H,2,5-9,11H2,(H,17,21). The van der Waals surface area contributed by atoms with Gasteiger partial charge in [0.25, 0.3) is 0 Å². The lowest BCUT2D eigenvalue weighted by atomic mass is 10.1. The van der Waals surface area contributed by atoms with Gasteiger partial charge in [0.05, 0.1) is 25.6 Å². The zero-order chi connectivity index (χ0) is 15.4.